The molecule has 3 fully saturated rings. The molecule has 2 bridgehead atoms. The summed E-state index contributed by atoms with van der Waals surface area (Å²) in [6.45, 7) is 4.39. The Morgan fingerprint density at radius 2 is 1.29 bits per heavy atom. The Morgan fingerprint density at radius 3 is 1.90 bits per heavy atom. The summed E-state index contributed by atoms with van der Waals surface area (Å²) >= 11 is 0. The highest BCUT2D eigenvalue weighted by Crippen LogP contribution is 2.50. The maximum atomic E-state index is 14.3. The first kappa shape index (κ1) is 39.4. The summed E-state index contributed by atoms with van der Waals surface area (Å²) in [6.07, 6.45) is 6.81. The summed E-state index contributed by atoms with van der Waals surface area (Å²) in [5.74, 6) is 1.33. The van der Waals surface area contributed by atoms with Gasteiger partial charge in [0.05, 0.1) is 50.1 Å². The average Bonchev–Trinajstić information content (AvgIpc) is 4.13. The Hall–Kier alpha value is -6.44. The number of nitrogens with zero attached hydrogens (tertiary/aromatic N) is 4. The number of hydrogen-bond donors (Lipinski definition) is 4. The third-order valence-electron chi connectivity index (χ3n) is 12.1. The van der Waals surface area contributed by atoms with Crippen LogP contribution in [0.1, 0.15) is 81.3 Å². The molecule has 2 saturated heterocycles. The molecule has 306 valence electrons. The molecular weight excluding hydrogens is 749 g/mol. The Morgan fingerprint density at radius 1 is 0.712 bits per heavy atom. The number of hydrogen-bond acceptors (Lipinski definition) is 8. The maximum absolute atomic E-state index is 14.3. The summed E-state index contributed by atoms with van der Waals surface area (Å²) in [5.41, 5.74) is 6.48. The van der Waals surface area contributed by atoms with E-state index in [4.69, 9.17) is 14.5 Å². The Balaban J connectivity index is 0.946. The lowest BCUT2D eigenvalue weighted by atomic mass is 9.96. The molecule has 1 saturated carbocycles. The molecule has 14 nitrogen and oxygen atoms in total. The van der Waals surface area contributed by atoms with E-state index in [1.807, 2.05) is 60.2 Å². The number of amides is 4. The Bertz CT molecular complexity index is 2290. The van der Waals surface area contributed by atoms with Gasteiger partial charge in [-0.3, -0.25) is 9.59 Å². The summed E-state index contributed by atoms with van der Waals surface area (Å²) < 4.78 is 9.65. The second kappa shape index (κ2) is 16.8. The molecule has 6 atom stereocenters. The molecule has 0 radical (unpaired) electrons. The Kier molecular flexibility index (Phi) is 11.2. The van der Waals surface area contributed by atoms with E-state index in [2.05, 4.69) is 74.1 Å². The highest BCUT2D eigenvalue weighted by Gasteiger charge is 2.51. The van der Waals surface area contributed by atoms with Crippen molar-refractivity contribution < 1.29 is 28.7 Å². The first-order valence-corrected chi connectivity index (χ1v) is 20.3. The quantitative estimate of drug-likeness (QED) is 0.108. The number of ether oxygens (including phenoxy) is 2. The Labute approximate surface area is 343 Å². The van der Waals surface area contributed by atoms with Gasteiger partial charge in [0.25, 0.3) is 5.91 Å². The standard InChI is InChI=1S/C45H50N8O6/c1-26(2)37(50-44(56)58-3)42(54)52-22-8-11-36(52)40-46-24-34(48-40)29-16-12-27(13-17-29)28-14-18-30(19-15-28)35-25-47-41(49-35)39-32-20-21-33(23-32)53(39)43(55)38(51-45(57)59-4)31-9-6-5-7-10-31/h5-7,9-10,12-19,24-26,32-33,36-39H,8,11,20-23H2,1-4H3,(H,46,48)(H,47,49)(H,50,56)(H,51,57)/t32-,33+,36-,37-,38+,39-/m0/s1. The van der Waals surface area contributed by atoms with Gasteiger partial charge in [-0.05, 0) is 71.8 Å². The van der Waals surface area contributed by atoms with E-state index in [1.54, 1.807) is 6.20 Å². The summed E-state index contributed by atoms with van der Waals surface area (Å²) in [7, 11) is 2.58. The molecule has 1 aliphatic carbocycles. The average molecular weight is 799 g/mol. The number of alkyl carbamates (subject to hydrolysis) is 2. The van der Waals surface area contributed by atoms with Crippen LogP contribution in [0.5, 0.6) is 0 Å². The molecule has 8 rings (SSSR count). The number of fused-ring (bicyclic) bond motifs is 2. The number of benzene rings is 3. The van der Waals surface area contributed by atoms with Crippen molar-refractivity contribution in [2.24, 2.45) is 11.8 Å². The lowest BCUT2D eigenvalue weighted by Gasteiger charge is -2.36. The van der Waals surface area contributed by atoms with Crippen LogP contribution < -0.4 is 10.6 Å². The molecule has 0 unspecified atom stereocenters. The zero-order valence-corrected chi connectivity index (χ0v) is 33.7. The minimum Gasteiger partial charge on any atom is -0.453 e. The first-order chi connectivity index (χ1) is 28.6. The lowest BCUT2D eigenvalue weighted by Crippen LogP contribution is -2.51. The van der Waals surface area contributed by atoms with Gasteiger partial charge in [-0.15, -0.1) is 0 Å². The van der Waals surface area contributed by atoms with Gasteiger partial charge in [0.1, 0.15) is 23.7 Å². The van der Waals surface area contributed by atoms with E-state index in [0.29, 0.717) is 12.1 Å². The topological polar surface area (TPSA) is 175 Å². The number of methoxy groups -OCH3 is 2. The minimum atomic E-state index is -0.875. The smallest absolute Gasteiger partial charge is 0.407 e. The van der Waals surface area contributed by atoms with Crippen molar-refractivity contribution in [2.45, 2.75) is 76.2 Å². The van der Waals surface area contributed by atoms with E-state index in [9.17, 15) is 19.2 Å². The van der Waals surface area contributed by atoms with Gasteiger partial charge < -0.3 is 39.9 Å². The molecule has 2 aliphatic heterocycles. The molecule has 3 aliphatic rings. The molecule has 0 spiro atoms. The van der Waals surface area contributed by atoms with Gasteiger partial charge >= 0.3 is 12.2 Å². The van der Waals surface area contributed by atoms with E-state index >= 15 is 0 Å². The van der Waals surface area contributed by atoms with E-state index in [-0.39, 0.29) is 41.8 Å². The van der Waals surface area contributed by atoms with Crippen LogP contribution in [0.2, 0.25) is 0 Å². The largest absolute Gasteiger partial charge is 0.453 e. The molecule has 4 amide bonds. The van der Waals surface area contributed by atoms with E-state index < -0.39 is 24.3 Å². The van der Waals surface area contributed by atoms with Crippen molar-refractivity contribution in [2.75, 3.05) is 20.8 Å². The monoisotopic (exact) mass is 798 g/mol. The fourth-order valence-corrected chi connectivity index (χ4v) is 9.08. The van der Waals surface area contributed by atoms with Crippen molar-refractivity contribution in [3.05, 3.63) is 108 Å². The minimum absolute atomic E-state index is 0.0758. The molecular formula is C45H50N8O6. The number of aromatic amines is 2. The predicted octanol–water partition coefficient (Wildman–Crippen LogP) is 7.33. The molecule has 4 heterocycles. The van der Waals surface area contributed by atoms with Gasteiger partial charge in [0.15, 0.2) is 0 Å². The van der Waals surface area contributed by atoms with Gasteiger partial charge in [0.2, 0.25) is 5.91 Å². The zero-order valence-electron chi connectivity index (χ0n) is 33.7. The number of rotatable bonds is 11. The third-order valence-corrected chi connectivity index (χ3v) is 12.1. The highest BCUT2D eigenvalue weighted by molar-refractivity contribution is 5.88. The van der Waals surface area contributed by atoms with Crippen LogP contribution in [-0.2, 0) is 19.1 Å². The second-order valence-corrected chi connectivity index (χ2v) is 16.0. The first-order valence-electron chi connectivity index (χ1n) is 20.3. The molecule has 4 N–H and O–H groups in total. The van der Waals surface area contributed by atoms with Gasteiger partial charge in [-0.25, -0.2) is 19.6 Å². The van der Waals surface area contributed by atoms with Gasteiger partial charge in [-0.1, -0.05) is 92.7 Å². The fourth-order valence-electron chi connectivity index (χ4n) is 9.08. The molecule has 14 heteroatoms. The van der Waals surface area contributed by atoms with Crippen molar-refractivity contribution in [3.8, 4) is 33.6 Å². The number of likely N-dealkylation sites (tertiary alicyclic amines) is 2. The predicted molar refractivity (Wildman–Crippen MR) is 220 cm³/mol. The number of aromatic nitrogens is 4. The number of H-pyrrole nitrogens is 2. The third kappa shape index (κ3) is 7.91. The van der Waals surface area contributed by atoms with Crippen LogP contribution in [-0.4, -0.2) is 86.6 Å². The summed E-state index contributed by atoms with van der Waals surface area (Å²) in [4.78, 5) is 72.4. The molecule has 3 aromatic carbocycles. The van der Waals surface area contributed by atoms with Crippen molar-refractivity contribution in [1.82, 2.24) is 40.4 Å². The van der Waals surface area contributed by atoms with Gasteiger partial charge in [0, 0.05) is 12.6 Å². The molecule has 5 aromatic rings. The normalized spacial score (nSPS) is 20.7. The van der Waals surface area contributed by atoms with Crippen molar-refractivity contribution in [1.29, 1.82) is 0 Å². The number of carbonyl (C=O) groups excluding carboxylic acids is 4. The summed E-state index contributed by atoms with van der Waals surface area (Å²) in [5, 5.41) is 5.47. The van der Waals surface area contributed by atoms with Crippen LogP contribution >= 0.6 is 0 Å². The van der Waals surface area contributed by atoms with Crippen LogP contribution in [0.15, 0.2) is 91.3 Å². The highest BCUT2D eigenvalue weighted by atomic mass is 16.5. The number of carbonyl (C=O) groups is 4. The summed E-state index contributed by atoms with van der Waals surface area (Å²) in [6, 6.07) is 23.9. The van der Waals surface area contributed by atoms with Crippen molar-refractivity contribution >= 4 is 24.0 Å². The SMILES string of the molecule is COC(=O)N[C@H](C(=O)N1CCC[C@H]1c1ncc(-c2ccc(-c3ccc(-c4cnc([C@@H]5[C@H]6CC[C@H](C6)N5C(=O)[C@H](NC(=O)OC)c5ccccc5)[nH]4)cc3)cc2)[nH]1)C(C)C. The number of nitrogens with one attached hydrogen (secondary N) is 4. The fraction of sp³-hybridized carbons (Fsp3) is 0.378. The van der Waals surface area contributed by atoms with Crippen LogP contribution in [0, 0.1) is 11.8 Å². The van der Waals surface area contributed by atoms with Crippen LogP contribution in [0.3, 0.4) is 0 Å². The van der Waals surface area contributed by atoms with Crippen molar-refractivity contribution in [3.63, 3.8) is 0 Å². The number of piperidine rings is 1. The molecule has 59 heavy (non-hydrogen) atoms. The van der Waals surface area contributed by atoms with Gasteiger partial charge in [-0.2, -0.15) is 0 Å². The lowest BCUT2D eigenvalue weighted by molar-refractivity contribution is -0.138. The maximum Gasteiger partial charge on any atom is 0.407 e. The van der Waals surface area contributed by atoms with E-state index in [1.165, 1.54) is 14.2 Å². The number of imidazole rings is 2. The zero-order chi connectivity index (χ0) is 41.2. The molecule has 2 aromatic heterocycles. The second-order valence-electron chi connectivity index (χ2n) is 16.0. The van der Waals surface area contributed by atoms with E-state index in [0.717, 1.165) is 77.4 Å². The van der Waals surface area contributed by atoms with Crippen LogP contribution in [0.4, 0.5) is 9.59 Å². The van der Waals surface area contributed by atoms with Crippen LogP contribution in [0.25, 0.3) is 33.6 Å².